The molecule has 1 aromatic heterocycles. The number of nitrogens with one attached hydrogen (secondary N) is 1. The second-order valence-electron chi connectivity index (χ2n) is 3.48. The lowest BCUT2D eigenvalue weighted by Gasteiger charge is -1.97. The molecule has 0 saturated carbocycles. The van der Waals surface area contributed by atoms with Crippen LogP contribution in [0.25, 0.3) is 11.1 Å². The Balaban J connectivity index is 2.64. The maximum atomic E-state index is 11.8. The number of nitrogens with zero attached hydrogens (tertiary/aromatic N) is 1. The van der Waals surface area contributed by atoms with E-state index in [4.69, 9.17) is 11.6 Å². The topological polar surface area (TPSA) is 37.8 Å². The minimum atomic E-state index is -0.0187. The Bertz CT molecular complexity index is 537. The number of aromatic amines is 1. The van der Waals surface area contributed by atoms with E-state index in [1.165, 1.54) is 4.68 Å². The van der Waals surface area contributed by atoms with E-state index >= 15 is 0 Å². The molecule has 0 atom stereocenters. The fourth-order valence-electron chi connectivity index (χ4n) is 1.64. The van der Waals surface area contributed by atoms with Crippen molar-refractivity contribution in [3.8, 4) is 11.1 Å². The van der Waals surface area contributed by atoms with Gasteiger partial charge in [0.1, 0.15) is 0 Å². The number of hydrogen-bond donors (Lipinski definition) is 1. The quantitative estimate of drug-likeness (QED) is 0.790. The summed E-state index contributed by atoms with van der Waals surface area (Å²) < 4.78 is 1.47. The van der Waals surface area contributed by atoms with E-state index in [-0.39, 0.29) is 5.56 Å². The number of aryl methyl sites for hydroxylation is 2. The third kappa shape index (κ3) is 1.70. The Morgan fingerprint density at radius 3 is 2.33 bits per heavy atom. The molecule has 1 aromatic carbocycles. The molecule has 1 heterocycles. The summed E-state index contributed by atoms with van der Waals surface area (Å²) in [5, 5.41) is 3.63. The summed E-state index contributed by atoms with van der Waals surface area (Å²) in [7, 11) is 1.70. The Morgan fingerprint density at radius 1 is 1.27 bits per heavy atom. The first-order chi connectivity index (χ1) is 7.09. The number of rotatable bonds is 1. The summed E-state index contributed by atoms with van der Waals surface area (Å²) in [5.74, 6) is 0. The van der Waals surface area contributed by atoms with Crippen LogP contribution >= 0.6 is 11.6 Å². The highest BCUT2D eigenvalue weighted by Gasteiger charge is 2.10. The molecule has 0 aliphatic heterocycles. The molecule has 2 rings (SSSR count). The molecule has 0 bridgehead atoms. The molecule has 0 amide bonds. The zero-order chi connectivity index (χ0) is 11.0. The second-order valence-corrected chi connectivity index (χ2v) is 3.92. The minimum Gasteiger partial charge on any atom is -0.300 e. The molecule has 0 unspecified atom stereocenters. The van der Waals surface area contributed by atoms with Crippen molar-refractivity contribution in [2.45, 2.75) is 6.92 Å². The molecule has 1 N–H and O–H groups in total. The molecule has 0 spiro atoms. The van der Waals surface area contributed by atoms with Crippen LogP contribution in [-0.4, -0.2) is 9.78 Å². The van der Waals surface area contributed by atoms with Crippen molar-refractivity contribution < 1.29 is 0 Å². The second kappa shape index (κ2) is 3.59. The van der Waals surface area contributed by atoms with E-state index in [2.05, 4.69) is 5.10 Å². The average molecular weight is 223 g/mol. The van der Waals surface area contributed by atoms with Gasteiger partial charge in [0, 0.05) is 17.8 Å². The predicted molar refractivity (Wildman–Crippen MR) is 61.2 cm³/mol. The van der Waals surface area contributed by atoms with Gasteiger partial charge < -0.3 is 0 Å². The van der Waals surface area contributed by atoms with Crippen molar-refractivity contribution in [1.82, 2.24) is 9.78 Å². The van der Waals surface area contributed by atoms with E-state index in [1.54, 1.807) is 19.2 Å². The van der Waals surface area contributed by atoms with Crippen molar-refractivity contribution in [3.05, 3.63) is 45.3 Å². The van der Waals surface area contributed by atoms with Crippen LogP contribution in [-0.2, 0) is 7.05 Å². The average Bonchev–Trinajstić information content (AvgIpc) is 2.44. The van der Waals surface area contributed by atoms with Crippen LogP contribution in [0.5, 0.6) is 0 Å². The van der Waals surface area contributed by atoms with Crippen LogP contribution in [0.15, 0.2) is 29.1 Å². The highest BCUT2D eigenvalue weighted by Crippen LogP contribution is 2.20. The largest absolute Gasteiger partial charge is 0.300 e. The molecule has 2 aromatic rings. The lowest BCUT2D eigenvalue weighted by Crippen LogP contribution is -2.12. The highest BCUT2D eigenvalue weighted by molar-refractivity contribution is 6.30. The summed E-state index contributed by atoms with van der Waals surface area (Å²) >= 11 is 5.79. The SMILES string of the molecule is Cc1[nH]n(C)c(=O)c1-c1ccc(Cl)cc1. The van der Waals surface area contributed by atoms with E-state index in [0.29, 0.717) is 10.6 Å². The predicted octanol–water partition coefficient (Wildman–Crippen LogP) is 2.34. The summed E-state index contributed by atoms with van der Waals surface area (Å²) in [6.07, 6.45) is 0. The number of H-pyrrole nitrogens is 1. The molecule has 0 fully saturated rings. The summed E-state index contributed by atoms with van der Waals surface area (Å²) in [6.45, 7) is 1.88. The van der Waals surface area contributed by atoms with Gasteiger partial charge in [0.2, 0.25) is 0 Å². The van der Waals surface area contributed by atoms with Gasteiger partial charge in [-0.3, -0.25) is 14.6 Å². The Labute approximate surface area is 92.3 Å². The Kier molecular flexibility index (Phi) is 2.40. The maximum absolute atomic E-state index is 11.8. The van der Waals surface area contributed by atoms with Crippen LogP contribution in [0.4, 0.5) is 0 Å². The lowest BCUT2D eigenvalue weighted by atomic mass is 10.1. The number of hydrogen-bond acceptors (Lipinski definition) is 1. The van der Waals surface area contributed by atoms with Crippen molar-refractivity contribution in [2.75, 3.05) is 0 Å². The van der Waals surface area contributed by atoms with Crippen molar-refractivity contribution >= 4 is 11.6 Å². The highest BCUT2D eigenvalue weighted by atomic mass is 35.5. The van der Waals surface area contributed by atoms with E-state index < -0.39 is 0 Å². The molecule has 15 heavy (non-hydrogen) atoms. The third-order valence-electron chi connectivity index (χ3n) is 2.36. The molecule has 0 aliphatic rings. The van der Waals surface area contributed by atoms with Crippen LogP contribution < -0.4 is 5.56 Å². The lowest BCUT2D eigenvalue weighted by molar-refractivity contribution is 0.731. The van der Waals surface area contributed by atoms with Crippen LogP contribution in [0, 0.1) is 6.92 Å². The molecule has 0 saturated heterocycles. The number of aromatic nitrogens is 2. The minimum absolute atomic E-state index is 0.0187. The molecule has 3 nitrogen and oxygen atoms in total. The maximum Gasteiger partial charge on any atom is 0.274 e. The van der Waals surface area contributed by atoms with Gasteiger partial charge in [0.05, 0.1) is 5.56 Å². The first kappa shape index (κ1) is 10.1. The van der Waals surface area contributed by atoms with Gasteiger partial charge in [-0.25, -0.2) is 0 Å². The normalized spacial score (nSPS) is 10.6. The standard InChI is InChI=1S/C11H11ClN2O/c1-7-10(11(15)14(2)13-7)8-3-5-9(12)6-4-8/h3-6,13H,1-2H3. The van der Waals surface area contributed by atoms with Crippen LogP contribution in [0.1, 0.15) is 5.69 Å². The first-order valence-electron chi connectivity index (χ1n) is 4.61. The van der Waals surface area contributed by atoms with Crippen LogP contribution in [0.2, 0.25) is 5.02 Å². The Hall–Kier alpha value is -1.48. The first-order valence-corrected chi connectivity index (χ1v) is 4.99. The molecule has 78 valence electrons. The van der Waals surface area contributed by atoms with E-state index in [0.717, 1.165) is 11.3 Å². The van der Waals surface area contributed by atoms with Gasteiger partial charge in [-0.2, -0.15) is 0 Å². The zero-order valence-corrected chi connectivity index (χ0v) is 9.30. The fourth-order valence-corrected chi connectivity index (χ4v) is 1.77. The zero-order valence-electron chi connectivity index (χ0n) is 8.54. The van der Waals surface area contributed by atoms with Gasteiger partial charge in [-0.15, -0.1) is 0 Å². The van der Waals surface area contributed by atoms with Crippen molar-refractivity contribution in [2.24, 2.45) is 7.05 Å². The van der Waals surface area contributed by atoms with Gasteiger partial charge in [-0.1, -0.05) is 23.7 Å². The molecular formula is C11H11ClN2O. The summed E-state index contributed by atoms with van der Waals surface area (Å²) in [4.78, 5) is 11.8. The van der Waals surface area contributed by atoms with Crippen molar-refractivity contribution in [3.63, 3.8) is 0 Å². The third-order valence-corrected chi connectivity index (χ3v) is 2.61. The summed E-state index contributed by atoms with van der Waals surface area (Å²) in [5.41, 5.74) is 2.44. The fraction of sp³-hybridized carbons (Fsp3) is 0.182. The number of benzene rings is 1. The van der Waals surface area contributed by atoms with Gasteiger partial charge >= 0.3 is 0 Å². The number of halogens is 1. The van der Waals surface area contributed by atoms with Crippen molar-refractivity contribution in [1.29, 1.82) is 0 Å². The van der Waals surface area contributed by atoms with Gasteiger partial charge in [0.15, 0.2) is 0 Å². The Morgan fingerprint density at radius 2 is 1.87 bits per heavy atom. The monoisotopic (exact) mass is 222 g/mol. The van der Waals surface area contributed by atoms with E-state index in [9.17, 15) is 4.79 Å². The smallest absolute Gasteiger partial charge is 0.274 e. The molecule has 0 aliphatic carbocycles. The summed E-state index contributed by atoms with van der Waals surface area (Å²) in [6, 6.07) is 7.26. The molecule has 0 radical (unpaired) electrons. The molecular weight excluding hydrogens is 212 g/mol. The molecule has 4 heteroatoms. The van der Waals surface area contributed by atoms with Crippen LogP contribution in [0.3, 0.4) is 0 Å². The van der Waals surface area contributed by atoms with Gasteiger partial charge in [-0.05, 0) is 24.6 Å². The van der Waals surface area contributed by atoms with E-state index in [1.807, 2.05) is 19.1 Å². The van der Waals surface area contributed by atoms with Gasteiger partial charge in [0.25, 0.3) is 5.56 Å².